The minimum absolute atomic E-state index is 0.0471. The number of carbonyl (C=O) groups excluding carboxylic acids is 2. The number of hydrogen-bond acceptors (Lipinski definition) is 9. The smallest absolute Gasteiger partial charge is 0.265 e. The van der Waals surface area contributed by atoms with Crippen LogP contribution >= 0.6 is 11.8 Å². The van der Waals surface area contributed by atoms with E-state index in [0.717, 1.165) is 23.3 Å². The van der Waals surface area contributed by atoms with Crippen molar-refractivity contribution in [3.63, 3.8) is 0 Å². The van der Waals surface area contributed by atoms with E-state index in [1.165, 1.54) is 35.9 Å². The molecule has 0 spiro atoms. The molecule has 0 amide bonds. The molecule has 9 nitrogen and oxygen atoms in total. The monoisotopic (exact) mass is 503 g/mol. The number of rotatable bonds is 12. The maximum Gasteiger partial charge on any atom is 0.265 e. The Morgan fingerprint density at radius 1 is 1.24 bits per heavy atom. The Labute approximate surface area is 202 Å². The van der Waals surface area contributed by atoms with Crippen LogP contribution in [0.25, 0.3) is 11.0 Å². The third-order valence-electron chi connectivity index (χ3n) is 4.67. The molecule has 1 N–H and O–H groups in total. The van der Waals surface area contributed by atoms with Gasteiger partial charge in [-0.3, -0.25) is 18.9 Å². The fraction of sp³-hybridized carbons (Fsp3) is 0.261. The fourth-order valence-electron chi connectivity index (χ4n) is 3.00. The number of likely N-dealkylation sites (N-methyl/N-ethyl adjacent to an activating group) is 1. The van der Waals surface area contributed by atoms with E-state index in [1.54, 1.807) is 37.4 Å². The molecule has 0 bridgehead atoms. The molecule has 0 aliphatic heterocycles. The van der Waals surface area contributed by atoms with Crippen molar-refractivity contribution in [1.82, 2.24) is 10.3 Å². The molecule has 0 fully saturated rings. The first-order chi connectivity index (χ1) is 16.3. The molecule has 1 aromatic carbocycles. The lowest BCUT2D eigenvalue weighted by molar-refractivity contribution is -0.109. The van der Waals surface area contributed by atoms with Gasteiger partial charge in [0.2, 0.25) is 0 Å². The molecule has 0 saturated carbocycles. The number of anilines is 1. The number of nitrogens with one attached hydrogen (secondary N) is 1. The van der Waals surface area contributed by atoms with Crippen LogP contribution in [0.5, 0.6) is 0 Å². The Morgan fingerprint density at radius 3 is 2.76 bits per heavy atom. The van der Waals surface area contributed by atoms with E-state index in [2.05, 4.69) is 10.3 Å². The molecule has 3 rings (SSSR count). The van der Waals surface area contributed by atoms with Gasteiger partial charge in [-0.15, -0.1) is 0 Å². The third-order valence-corrected chi connectivity index (χ3v) is 7.29. The summed E-state index contributed by atoms with van der Waals surface area (Å²) >= 11 is 0.878. The van der Waals surface area contributed by atoms with Crippen molar-refractivity contribution >= 4 is 49.3 Å². The summed E-state index contributed by atoms with van der Waals surface area (Å²) in [4.78, 5) is 27.2. The van der Waals surface area contributed by atoms with Gasteiger partial charge >= 0.3 is 0 Å². The van der Waals surface area contributed by atoms with Gasteiger partial charge in [0.1, 0.15) is 22.8 Å². The average Bonchev–Trinajstić information content (AvgIpc) is 3.30. The summed E-state index contributed by atoms with van der Waals surface area (Å²) in [6.45, 7) is 2.16. The largest absolute Gasteiger partial charge is 0.500 e. The van der Waals surface area contributed by atoms with Gasteiger partial charge in [0.25, 0.3) is 10.0 Å². The van der Waals surface area contributed by atoms with E-state index in [4.69, 9.17) is 9.15 Å². The van der Waals surface area contributed by atoms with Crippen molar-refractivity contribution in [2.75, 3.05) is 36.8 Å². The summed E-state index contributed by atoms with van der Waals surface area (Å²) in [6.07, 6.45) is 5.98. The van der Waals surface area contributed by atoms with Gasteiger partial charge in [0.15, 0.2) is 10.9 Å². The highest BCUT2D eigenvalue weighted by atomic mass is 32.2. The maximum atomic E-state index is 13.5. The topological polar surface area (TPSA) is 119 Å². The molecule has 11 heteroatoms. The second-order valence-electron chi connectivity index (χ2n) is 7.10. The summed E-state index contributed by atoms with van der Waals surface area (Å²) in [6, 6.07) is 9.52. The Balaban J connectivity index is 1.85. The van der Waals surface area contributed by atoms with Crippen LogP contribution in [0.2, 0.25) is 0 Å². The molecule has 0 saturated heterocycles. The van der Waals surface area contributed by atoms with Crippen molar-refractivity contribution in [2.24, 2.45) is 0 Å². The zero-order valence-corrected chi connectivity index (χ0v) is 20.4. The fourth-order valence-corrected chi connectivity index (χ4v) is 4.87. The summed E-state index contributed by atoms with van der Waals surface area (Å²) < 4.78 is 39.1. The van der Waals surface area contributed by atoms with Crippen LogP contribution in [-0.4, -0.2) is 56.8 Å². The summed E-state index contributed by atoms with van der Waals surface area (Å²) in [5.41, 5.74) is 1.17. The number of ketones is 1. The number of pyridine rings is 1. The van der Waals surface area contributed by atoms with Gasteiger partial charge in [-0.1, -0.05) is 11.8 Å². The lowest BCUT2D eigenvalue weighted by atomic mass is 10.2. The van der Waals surface area contributed by atoms with Gasteiger partial charge in [-0.25, -0.2) is 8.42 Å². The summed E-state index contributed by atoms with van der Waals surface area (Å²) in [7, 11) is -2.21. The maximum absolute atomic E-state index is 13.5. The molecule has 0 radical (unpaired) electrons. The third kappa shape index (κ3) is 6.46. The van der Waals surface area contributed by atoms with E-state index < -0.39 is 10.0 Å². The second-order valence-corrected chi connectivity index (χ2v) is 10.1. The number of ether oxygens (including phenoxy) is 1. The van der Waals surface area contributed by atoms with Crippen LogP contribution in [0.1, 0.15) is 17.4 Å². The summed E-state index contributed by atoms with van der Waals surface area (Å²) in [5, 5.41) is 3.53. The highest BCUT2D eigenvalue weighted by molar-refractivity contribution is 8.14. The number of fused-ring (bicyclic) bond motifs is 1. The normalized spacial score (nSPS) is 11.7. The highest BCUT2D eigenvalue weighted by Crippen LogP contribution is 2.27. The van der Waals surface area contributed by atoms with Gasteiger partial charge < -0.3 is 14.5 Å². The van der Waals surface area contributed by atoms with Crippen LogP contribution in [0, 0.1) is 0 Å². The van der Waals surface area contributed by atoms with Crippen molar-refractivity contribution < 1.29 is 27.2 Å². The predicted octanol–water partition coefficient (Wildman–Crippen LogP) is 3.24. The Kier molecular flexibility index (Phi) is 8.85. The van der Waals surface area contributed by atoms with Gasteiger partial charge in [-0.05, 0) is 49.5 Å². The number of benzene rings is 1. The number of aromatic nitrogens is 1. The standard InChI is InChI=1S/C23H25N3O6S2/c1-17(27)33-16-22(28)21-6-5-20(15-25-21)34(29,30)26(10-13-31-11-3-9-24-2)19-4-7-23-18(14-19)8-12-32-23/h3-8,11-12,14-15,24H,9-10,13,16H2,1-2H3/b11-3+. The first kappa shape index (κ1) is 25.5. The van der Waals surface area contributed by atoms with Crippen molar-refractivity contribution in [1.29, 1.82) is 0 Å². The molecular weight excluding hydrogens is 478 g/mol. The molecular formula is C23H25N3O6S2. The number of carbonyl (C=O) groups is 2. The minimum Gasteiger partial charge on any atom is -0.500 e. The van der Waals surface area contributed by atoms with Crippen LogP contribution in [0.4, 0.5) is 5.69 Å². The van der Waals surface area contributed by atoms with Crippen LogP contribution in [-0.2, 0) is 19.6 Å². The lowest BCUT2D eigenvalue weighted by Crippen LogP contribution is -2.34. The molecule has 0 unspecified atom stereocenters. The number of Topliss-reactive ketones (excluding diaryl/α,β-unsaturated/α-hetero) is 1. The molecule has 180 valence electrons. The Bertz CT molecular complexity index is 1270. The first-order valence-corrected chi connectivity index (χ1v) is 12.8. The van der Waals surface area contributed by atoms with Gasteiger partial charge in [0.05, 0.1) is 30.5 Å². The number of furan rings is 1. The molecule has 0 aliphatic carbocycles. The molecule has 0 atom stereocenters. The van der Waals surface area contributed by atoms with E-state index in [-0.39, 0.29) is 40.4 Å². The number of sulfonamides is 1. The van der Waals surface area contributed by atoms with E-state index in [1.807, 2.05) is 0 Å². The molecule has 3 aromatic rings. The quantitative estimate of drug-likeness (QED) is 0.226. The predicted molar refractivity (Wildman–Crippen MR) is 131 cm³/mol. The van der Waals surface area contributed by atoms with Crippen molar-refractivity contribution in [2.45, 2.75) is 11.8 Å². The molecule has 0 aliphatic rings. The van der Waals surface area contributed by atoms with Crippen LogP contribution < -0.4 is 9.62 Å². The van der Waals surface area contributed by atoms with E-state index in [9.17, 15) is 18.0 Å². The molecule has 2 aromatic heterocycles. The van der Waals surface area contributed by atoms with Crippen molar-refractivity contribution in [3.8, 4) is 0 Å². The van der Waals surface area contributed by atoms with Gasteiger partial charge in [0, 0.05) is 25.1 Å². The average molecular weight is 504 g/mol. The number of hydrogen-bond donors (Lipinski definition) is 1. The Hall–Kier alpha value is -3.15. The minimum atomic E-state index is -4.02. The molecule has 2 heterocycles. The SMILES string of the molecule is CNC/C=C/OCCN(c1ccc2occc2c1)S(=O)(=O)c1ccc(C(=O)CSC(C)=O)nc1. The number of thioether (sulfide) groups is 1. The lowest BCUT2D eigenvalue weighted by Gasteiger charge is -2.24. The van der Waals surface area contributed by atoms with E-state index >= 15 is 0 Å². The molecule has 34 heavy (non-hydrogen) atoms. The van der Waals surface area contributed by atoms with Gasteiger partial charge in [-0.2, -0.15) is 0 Å². The van der Waals surface area contributed by atoms with Crippen LogP contribution in [0.3, 0.4) is 0 Å². The Morgan fingerprint density at radius 2 is 2.06 bits per heavy atom. The van der Waals surface area contributed by atoms with Crippen molar-refractivity contribution in [3.05, 3.63) is 66.9 Å². The second kappa shape index (κ2) is 11.8. The summed E-state index contributed by atoms with van der Waals surface area (Å²) in [5.74, 6) is -0.405. The van der Waals surface area contributed by atoms with Crippen LogP contribution in [0.15, 0.2) is 70.5 Å². The first-order valence-electron chi connectivity index (χ1n) is 10.4. The zero-order valence-electron chi connectivity index (χ0n) is 18.8. The highest BCUT2D eigenvalue weighted by Gasteiger charge is 2.26. The van der Waals surface area contributed by atoms with E-state index in [0.29, 0.717) is 17.8 Å². The number of nitrogens with zero attached hydrogens (tertiary/aromatic N) is 2. The zero-order chi connectivity index (χ0) is 24.6.